The number of nitrogens with one attached hydrogen (secondary N) is 2. The van der Waals surface area contributed by atoms with Gasteiger partial charge in [-0.15, -0.1) is 0 Å². The summed E-state index contributed by atoms with van der Waals surface area (Å²) in [6, 6.07) is 6.43. The molecule has 0 saturated heterocycles. The molecule has 1 aromatic carbocycles. The highest BCUT2D eigenvalue weighted by atomic mass is 16.5. The van der Waals surface area contributed by atoms with Gasteiger partial charge in [0.25, 0.3) is 11.8 Å². The largest absolute Gasteiger partial charge is 0.497 e. The molecule has 8 heteroatoms. The fraction of sp³-hybridized carbons (Fsp3) is 0.312. The van der Waals surface area contributed by atoms with Crippen molar-refractivity contribution in [1.29, 1.82) is 0 Å². The Labute approximate surface area is 139 Å². The number of amides is 2. The van der Waals surface area contributed by atoms with E-state index in [0.29, 0.717) is 22.8 Å². The number of aryl methyl sites for hydroxylation is 1. The highest BCUT2D eigenvalue weighted by Crippen LogP contribution is 2.22. The molecule has 0 fully saturated rings. The number of rotatable bonds is 7. The summed E-state index contributed by atoms with van der Waals surface area (Å²) in [5, 5.41) is 8.96. The lowest BCUT2D eigenvalue weighted by Crippen LogP contribution is -2.34. The van der Waals surface area contributed by atoms with Crippen molar-refractivity contribution in [2.75, 3.05) is 27.3 Å². The minimum absolute atomic E-state index is 0.205. The van der Waals surface area contributed by atoms with Crippen molar-refractivity contribution in [3.63, 3.8) is 0 Å². The second-order valence-corrected chi connectivity index (χ2v) is 4.94. The van der Waals surface area contributed by atoms with Crippen LogP contribution in [-0.2, 0) is 0 Å². The summed E-state index contributed by atoms with van der Waals surface area (Å²) in [6.07, 6.45) is 0. The van der Waals surface area contributed by atoms with Gasteiger partial charge in [-0.1, -0.05) is 5.16 Å². The molecule has 2 N–H and O–H groups in total. The minimum Gasteiger partial charge on any atom is -0.497 e. The lowest BCUT2D eigenvalue weighted by atomic mass is 10.2. The van der Waals surface area contributed by atoms with Crippen molar-refractivity contribution in [2.45, 2.75) is 6.92 Å². The van der Waals surface area contributed by atoms with Crippen molar-refractivity contribution in [1.82, 2.24) is 15.8 Å². The van der Waals surface area contributed by atoms with Crippen LogP contribution >= 0.6 is 0 Å². The molecule has 0 spiro atoms. The third kappa shape index (κ3) is 4.48. The molecule has 0 aliphatic rings. The average molecular weight is 333 g/mol. The molecule has 2 amide bonds. The molecule has 0 atom stereocenters. The van der Waals surface area contributed by atoms with Crippen molar-refractivity contribution in [3.8, 4) is 11.5 Å². The minimum atomic E-state index is -0.357. The van der Waals surface area contributed by atoms with Crippen LogP contribution < -0.4 is 20.1 Å². The van der Waals surface area contributed by atoms with E-state index < -0.39 is 0 Å². The van der Waals surface area contributed by atoms with E-state index in [2.05, 4.69) is 15.8 Å². The maximum atomic E-state index is 12.1. The van der Waals surface area contributed by atoms with Gasteiger partial charge in [0.1, 0.15) is 17.3 Å². The number of ether oxygens (including phenoxy) is 2. The Hall–Kier alpha value is -3.03. The van der Waals surface area contributed by atoms with Crippen molar-refractivity contribution >= 4 is 11.8 Å². The third-order valence-electron chi connectivity index (χ3n) is 3.17. The van der Waals surface area contributed by atoms with E-state index >= 15 is 0 Å². The van der Waals surface area contributed by atoms with Crippen LogP contribution in [0.15, 0.2) is 28.8 Å². The first-order valence-electron chi connectivity index (χ1n) is 7.26. The standard InChI is InChI=1S/C16H19N3O5/c1-10-6-14(19-24-10)16(21)18-5-4-17-15(20)11-7-12(22-2)9-13(8-11)23-3/h6-9H,4-5H2,1-3H3,(H,17,20)(H,18,21). The fourth-order valence-electron chi connectivity index (χ4n) is 1.96. The molecule has 0 radical (unpaired) electrons. The van der Waals surface area contributed by atoms with Gasteiger partial charge in [-0.25, -0.2) is 0 Å². The van der Waals surface area contributed by atoms with Crippen molar-refractivity contribution in [2.24, 2.45) is 0 Å². The zero-order valence-corrected chi connectivity index (χ0v) is 13.7. The highest BCUT2D eigenvalue weighted by molar-refractivity contribution is 5.95. The Bertz CT molecular complexity index is 704. The maximum absolute atomic E-state index is 12.1. The molecule has 2 aromatic rings. The first kappa shape index (κ1) is 17.3. The second kappa shape index (κ2) is 8.00. The maximum Gasteiger partial charge on any atom is 0.273 e. The number of benzene rings is 1. The van der Waals surface area contributed by atoms with Gasteiger partial charge in [-0.2, -0.15) is 0 Å². The number of carbonyl (C=O) groups is 2. The molecule has 0 unspecified atom stereocenters. The summed E-state index contributed by atoms with van der Waals surface area (Å²) in [4.78, 5) is 23.9. The van der Waals surface area contributed by atoms with Gasteiger partial charge in [-0.05, 0) is 19.1 Å². The average Bonchev–Trinajstić information content (AvgIpc) is 3.04. The molecule has 0 bridgehead atoms. The van der Waals surface area contributed by atoms with Gasteiger partial charge in [0.15, 0.2) is 5.69 Å². The number of aromatic nitrogens is 1. The summed E-state index contributed by atoms with van der Waals surface area (Å²) in [5.74, 6) is 0.951. The summed E-state index contributed by atoms with van der Waals surface area (Å²) in [6.45, 7) is 2.23. The van der Waals surface area contributed by atoms with Crippen LogP contribution in [0.5, 0.6) is 11.5 Å². The molecule has 1 heterocycles. The Morgan fingerprint density at radius 3 is 2.08 bits per heavy atom. The van der Waals surface area contributed by atoms with E-state index in [9.17, 15) is 9.59 Å². The highest BCUT2D eigenvalue weighted by Gasteiger charge is 2.11. The molecule has 0 saturated carbocycles. The molecule has 24 heavy (non-hydrogen) atoms. The molecule has 128 valence electrons. The van der Waals surface area contributed by atoms with E-state index in [-0.39, 0.29) is 30.6 Å². The number of carbonyl (C=O) groups excluding carboxylic acids is 2. The van der Waals surface area contributed by atoms with Crippen molar-refractivity contribution in [3.05, 3.63) is 41.3 Å². The van der Waals surface area contributed by atoms with E-state index in [1.54, 1.807) is 25.1 Å². The summed E-state index contributed by atoms with van der Waals surface area (Å²) in [7, 11) is 3.02. The summed E-state index contributed by atoms with van der Waals surface area (Å²) < 4.78 is 15.1. The van der Waals surface area contributed by atoms with Crippen LogP contribution in [0, 0.1) is 6.92 Å². The molecule has 2 rings (SSSR count). The van der Waals surface area contributed by atoms with Gasteiger partial charge in [0.05, 0.1) is 14.2 Å². The van der Waals surface area contributed by atoms with E-state index in [1.165, 1.54) is 20.3 Å². The zero-order valence-electron chi connectivity index (χ0n) is 13.7. The fourth-order valence-corrected chi connectivity index (χ4v) is 1.96. The van der Waals surface area contributed by atoms with Crippen molar-refractivity contribution < 1.29 is 23.6 Å². The first-order valence-corrected chi connectivity index (χ1v) is 7.26. The normalized spacial score (nSPS) is 10.1. The van der Waals surface area contributed by atoms with E-state index in [1.807, 2.05) is 0 Å². The van der Waals surface area contributed by atoms with Crippen LogP contribution in [0.25, 0.3) is 0 Å². The molecule has 1 aromatic heterocycles. The lowest BCUT2D eigenvalue weighted by molar-refractivity contribution is 0.0922. The van der Waals surface area contributed by atoms with Gasteiger partial charge in [-0.3, -0.25) is 9.59 Å². The molecule has 8 nitrogen and oxygen atoms in total. The topological polar surface area (TPSA) is 103 Å². The smallest absolute Gasteiger partial charge is 0.273 e. The van der Waals surface area contributed by atoms with Gasteiger partial charge < -0.3 is 24.6 Å². The van der Waals surface area contributed by atoms with E-state index in [0.717, 1.165) is 0 Å². The molecular weight excluding hydrogens is 314 g/mol. The van der Waals surface area contributed by atoms with Crippen LogP contribution in [-0.4, -0.2) is 44.3 Å². The first-order chi connectivity index (χ1) is 11.5. The van der Waals surface area contributed by atoms with Crippen LogP contribution in [0.3, 0.4) is 0 Å². The molecule has 0 aliphatic heterocycles. The monoisotopic (exact) mass is 333 g/mol. The SMILES string of the molecule is COc1cc(OC)cc(C(=O)NCCNC(=O)c2cc(C)on2)c1. The Morgan fingerprint density at radius 1 is 1.00 bits per heavy atom. The molecular formula is C16H19N3O5. The van der Waals surface area contributed by atoms with Gasteiger partial charge >= 0.3 is 0 Å². The molecule has 0 aliphatic carbocycles. The number of hydrogen-bond acceptors (Lipinski definition) is 6. The van der Waals surface area contributed by atoms with Crippen LogP contribution in [0.1, 0.15) is 26.6 Å². The number of hydrogen-bond donors (Lipinski definition) is 2. The van der Waals surface area contributed by atoms with Crippen LogP contribution in [0.2, 0.25) is 0 Å². The Kier molecular flexibility index (Phi) is 5.78. The zero-order chi connectivity index (χ0) is 17.5. The van der Waals surface area contributed by atoms with E-state index in [4.69, 9.17) is 14.0 Å². The van der Waals surface area contributed by atoms with Gasteiger partial charge in [0.2, 0.25) is 0 Å². The van der Waals surface area contributed by atoms with Crippen LogP contribution in [0.4, 0.5) is 0 Å². The number of nitrogens with zero attached hydrogens (tertiary/aromatic N) is 1. The predicted molar refractivity (Wildman–Crippen MR) is 85.5 cm³/mol. The second-order valence-electron chi connectivity index (χ2n) is 4.94. The summed E-state index contributed by atoms with van der Waals surface area (Å²) >= 11 is 0. The number of methoxy groups -OCH3 is 2. The third-order valence-corrected chi connectivity index (χ3v) is 3.17. The summed E-state index contributed by atoms with van der Waals surface area (Å²) in [5.41, 5.74) is 0.612. The Morgan fingerprint density at radius 2 is 1.58 bits per heavy atom. The van der Waals surface area contributed by atoms with Gasteiger partial charge in [0, 0.05) is 30.8 Å². The predicted octanol–water partition coefficient (Wildman–Crippen LogP) is 1.16. The lowest BCUT2D eigenvalue weighted by Gasteiger charge is -2.09. The Balaban J connectivity index is 1.84. The quantitative estimate of drug-likeness (QED) is 0.737.